The van der Waals surface area contributed by atoms with E-state index < -0.39 is 36.6 Å². The molecule has 0 aliphatic carbocycles. The molecule has 29 heavy (non-hydrogen) atoms. The van der Waals surface area contributed by atoms with E-state index >= 15 is 0 Å². The van der Waals surface area contributed by atoms with Gasteiger partial charge in [0.1, 0.15) is 6.42 Å². The number of benzene rings is 2. The number of hydrogen-bond acceptors (Lipinski definition) is 5. The molecular weight excluding hydrogens is 387 g/mol. The fourth-order valence-corrected chi connectivity index (χ4v) is 2.68. The lowest BCUT2D eigenvalue weighted by Gasteiger charge is -2.16. The van der Waals surface area contributed by atoms with Crippen molar-refractivity contribution in [1.82, 2.24) is 5.32 Å². The lowest BCUT2D eigenvalue weighted by atomic mass is 10.0. The zero-order chi connectivity index (χ0) is 21.0. The Balaban J connectivity index is 1.86. The van der Waals surface area contributed by atoms with Crippen LogP contribution in [0.3, 0.4) is 0 Å². The Labute approximate surface area is 163 Å². The highest BCUT2D eigenvalue weighted by atomic mass is 19.4. The van der Waals surface area contributed by atoms with Crippen LogP contribution in [0.2, 0.25) is 0 Å². The zero-order valence-electron chi connectivity index (χ0n) is 14.9. The van der Waals surface area contributed by atoms with Gasteiger partial charge in [-0.1, -0.05) is 48.5 Å². The zero-order valence-corrected chi connectivity index (χ0v) is 14.9. The van der Waals surface area contributed by atoms with Crippen LogP contribution in [-0.4, -0.2) is 35.9 Å². The van der Waals surface area contributed by atoms with Crippen LogP contribution in [0.5, 0.6) is 0 Å². The molecule has 1 aliphatic rings. The van der Waals surface area contributed by atoms with Crippen LogP contribution in [0.1, 0.15) is 17.5 Å². The summed E-state index contributed by atoms with van der Waals surface area (Å²) in [6, 6.07) is 15.1. The second-order valence-corrected chi connectivity index (χ2v) is 6.07. The topological polar surface area (TPSA) is 110 Å². The molecule has 0 spiro atoms. The predicted octanol–water partition coefficient (Wildman–Crippen LogP) is 3.27. The average Bonchev–Trinajstić information content (AvgIpc) is 2.77. The molecule has 150 valence electrons. The molecule has 0 saturated heterocycles. The quantitative estimate of drug-likeness (QED) is 0.466. The molecule has 10 heteroatoms. The number of halogens is 3. The van der Waals surface area contributed by atoms with Crippen LogP contribution in [0.4, 0.5) is 18.9 Å². The van der Waals surface area contributed by atoms with Crippen molar-refractivity contribution in [3.63, 3.8) is 0 Å². The monoisotopic (exact) mass is 403 g/mol. The summed E-state index contributed by atoms with van der Waals surface area (Å²) in [4.78, 5) is 16.9. The molecule has 0 aromatic heterocycles. The summed E-state index contributed by atoms with van der Waals surface area (Å²) in [6.07, 6.45) is -7.61. The van der Waals surface area contributed by atoms with Crippen LogP contribution in [0.15, 0.2) is 59.6 Å². The van der Waals surface area contributed by atoms with Gasteiger partial charge in [-0.2, -0.15) is 13.2 Å². The fraction of sp³-hybridized carbons (Fsp3) is 0.158. The minimum absolute atomic E-state index is 0.454. The van der Waals surface area contributed by atoms with Crippen LogP contribution in [0.25, 0.3) is 0 Å². The van der Waals surface area contributed by atoms with E-state index in [-0.39, 0.29) is 0 Å². The van der Waals surface area contributed by atoms with Gasteiger partial charge in [-0.25, -0.2) is 4.99 Å². The van der Waals surface area contributed by atoms with Gasteiger partial charge in [0.25, 0.3) is 11.9 Å². The molecule has 0 radical (unpaired) electrons. The highest BCUT2D eigenvalue weighted by Gasteiger charge is 2.32. The first-order valence-electron chi connectivity index (χ1n) is 8.43. The van der Waals surface area contributed by atoms with Gasteiger partial charge in [0.15, 0.2) is 5.90 Å². The molecule has 1 heterocycles. The largest absolute Gasteiger partial charge is 0.412 e. The highest BCUT2D eigenvalue weighted by Crippen LogP contribution is 2.24. The molecule has 1 amide bonds. The van der Waals surface area contributed by atoms with Crippen LogP contribution < -0.4 is 10.6 Å². The van der Waals surface area contributed by atoms with Gasteiger partial charge in [-0.3, -0.25) is 15.6 Å². The number of ether oxygens (including phenoxy) is 1. The molecular formula is C19H16F3N5O2. The number of aliphatic imine (C=N–C) groups is 1. The van der Waals surface area contributed by atoms with Crippen molar-refractivity contribution in [2.75, 3.05) is 5.32 Å². The summed E-state index contributed by atoms with van der Waals surface area (Å²) >= 11 is 0. The summed E-state index contributed by atoms with van der Waals surface area (Å²) in [6.45, 7) is 0. The van der Waals surface area contributed by atoms with Crippen molar-refractivity contribution in [2.24, 2.45) is 4.99 Å². The van der Waals surface area contributed by atoms with Crippen molar-refractivity contribution >= 4 is 29.2 Å². The first kappa shape index (κ1) is 20.1. The number of nitrogens with zero attached hydrogens (tertiary/aromatic N) is 1. The van der Waals surface area contributed by atoms with E-state index in [9.17, 15) is 18.0 Å². The van der Waals surface area contributed by atoms with E-state index in [1.165, 1.54) is 0 Å². The summed E-state index contributed by atoms with van der Waals surface area (Å²) in [7, 11) is 0. The van der Waals surface area contributed by atoms with Crippen LogP contribution in [-0.2, 0) is 9.53 Å². The molecule has 0 saturated carbocycles. The number of alkyl halides is 3. The molecule has 2 aromatic rings. The highest BCUT2D eigenvalue weighted by molar-refractivity contribution is 6.19. The summed E-state index contributed by atoms with van der Waals surface area (Å²) < 4.78 is 41.5. The predicted molar refractivity (Wildman–Crippen MR) is 101 cm³/mol. The smallest absolute Gasteiger partial charge is 0.397 e. The molecule has 3 rings (SSSR count). The summed E-state index contributed by atoms with van der Waals surface area (Å²) in [5, 5.41) is 19.9. The molecule has 1 aliphatic heterocycles. The molecule has 7 nitrogen and oxygen atoms in total. The Hall–Kier alpha value is -3.69. The molecule has 1 atom stereocenters. The summed E-state index contributed by atoms with van der Waals surface area (Å²) in [5.41, 5.74) is 2.31. The number of carbonyl (C=O) groups excluding carboxylic acids is 1. The third kappa shape index (κ3) is 5.18. The number of amidine groups is 1. The maximum atomic E-state index is 12.5. The van der Waals surface area contributed by atoms with E-state index in [1.54, 1.807) is 48.5 Å². The lowest BCUT2D eigenvalue weighted by Crippen LogP contribution is -2.43. The van der Waals surface area contributed by atoms with Crippen molar-refractivity contribution in [3.05, 3.63) is 65.7 Å². The van der Waals surface area contributed by atoms with E-state index in [0.29, 0.717) is 22.5 Å². The first-order chi connectivity index (χ1) is 13.7. The third-order valence-electron chi connectivity index (χ3n) is 3.85. The molecule has 1 unspecified atom stereocenters. The first-order valence-corrected chi connectivity index (χ1v) is 8.43. The third-order valence-corrected chi connectivity index (χ3v) is 3.85. The number of amides is 1. The van der Waals surface area contributed by atoms with E-state index in [2.05, 4.69) is 20.4 Å². The number of rotatable bonds is 3. The van der Waals surface area contributed by atoms with Crippen molar-refractivity contribution in [2.45, 2.75) is 18.8 Å². The summed E-state index contributed by atoms with van der Waals surface area (Å²) in [5.74, 6) is -1.79. The van der Waals surface area contributed by atoms with Crippen molar-refractivity contribution < 1.29 is 22.7 Å². The number of anilines is 1. The number of nitrogens with one attached hydrogen (secondary N) is 4. The van der Waals surface area contributed by atoms with E-state index in [1.807, 2.05) is 6.07 Å². The van der Waals surface area contributed by atoms with Crippen LogP contribution >= 0.6 is 0 Å². The van der Waals surface area contributed by atoms with E-state index in [4.69, 9.17) is 10.8 Å². The molecule has 0 bridgehead atoms. The molecule has 0 fully saturated rings. The van der Waals surface area contributed by atoms with Crippen molar-refractivity contribution in [3.8, 4) is 0 Å². The molecule has 2 aromatic carbocycles. The van der Waals surface area contributed by atoms with Gasteiger partial charge in [-0.05, 0) is 6.07 Å². The van der Waals surface area contributed by atoms with Gasteiger partial charge in [0, 0.05) is 11.1 Å². The second-order valence-electron chi connectivity index (χ2n) is 6.07. The van der Waals surface area contributed by atoms with Gasteiger partial charge >= 0.3 is 6.18 Å². The number of hydrogen-bond donors (Lipinski definition) is 4. The minimum Gasteiger partial charge on any atom is -0.412 e. The second kappa shape index (κ2) is 8.13. The van der Waals surface area contributed by atoms with Crippen molar-refractivity contribution in [1.29, 1.82) is 10.8 Å². The minimum atomic E-state index is -4.64. The Morgan fingerprint density at radius 1 is 1.10 bits per heavy atom. The van der Waals surface area contributed by atoms with E-state index in [0.717, 1.165) is 0 Å². The Bertz CT molecular complexity index is 973. The molecule has 4 N–H and O–H groups in total. The van der Waals surface area contributed by atoms with Gasteiger partial charge in [0.2, 0.25) is 6.17 Å². The van der Waals surface area contributed by atoms with Gasteiger partial charge in [0.05, 0.1) is 11.4 Å². The Morgan fingerprint density at radius 2 is 1.76 bits per heavy atom. The SMILES string of the molecule is N=C(CC(F)(F)F)OC(=N)NC1N=C(c2ccccc2)c2ccccc2NC1=O. The number of fused-ring (bicyclic) bond motifs is 1. The standard InChI is InChI=1S/C19H16F3N5O2/c20-19(21,22)10-14(23)29-18(24)27-16-17(28)25-13-9-5-4-8-12(13)15(26-16)11-6-2-1-3-7-11/h1-9,16,23H,10H2,(H2,24,27)(H,25,28). The average molecular weight is 403 g/mol. The van der Waals surface area contributed by atoms with Gasteiger partial charge in [-0.15, -0.1) is 0 Å². The maximum Gasteiger partial charge on any atom is 0.397 e. The lowest BCUT2D eigenvalue weighted by molar-refractivity contribution is -0.123. The number of para-hydroxylation sites is 1. The normalized spacial score (nSPS) is 16.0. The number of benzodiazepines with no additional fused rings is 1. The Kier molecular flexibility index (Phi) is 5.62. The number of carbonyl (C=O) groups is 1. The van der Waals surface area contributed by atoms with Gasteiger partial charge < -0.3 is 15.4 Å². The fourth-order valence-electron chi connectivity index (χ4n) is 2.68. The van der Waals surface area contributed by atoms with Crippen LogP contribution in [0, 0.1) is 10.8 Å². The Morgan fingerprint density at radius 3 is 2.45 bits per heavy atom. The maximum absolute atomic E-state index is 12.5.